The number of nitrogens with zero attached hydrogens (tertiary/aromatic N) is 9. The Morgan fingerprint density at radius 3 is 1.61 bits per heavy atom. The van der Waals surface area contributed by atoms with Gasteiger partial charge in [-0.2, -0.15) is 22.4 Å². The van der Waals surface area contributed by atoms with Crippen LogP contribution in [0.15, 0.2) is 80.4 Å². The number of aliphatic hydroxyl groups excluding tert-OH is 2. The number of aromatic nitrogens is 9. The SMILES string of the molecule is C.CCOC(=O)c1c(F)c(Cl)cc2cncn12.CCc1nc(CNC=O)cc(Cl)c1F.Cl.O=C=O.O=Cc1c(F)c(Cl)cc2cncn12.O=P(Cl)(Cl)Cl.OC(c1c(F)c(Cl)cc2cncn12)C1CCCCC1.OCc1c(F)c(Cl)cc2cncn12.[2H]C.[B].[CH-]1CCCCC1.[H-].[H-].[Mg+2].[Na+]. The maximum atomic E-state index is 14.3. The van der Waals surface area contributed by atoms with E-state index in [1.165, 1.54) is 127 Å². The second-order valence-electron chi connectivity index (χ2n) is 18.5. The van der Waals surface area contributed by atoms with Gasteiger partial charge in [-0.3, -0.25) is 36.7 Å². The standard InChI is InChI=1S/C14H16ClFN2O.C10H8ClFN2O2.C9H10ClFN2O.C8H6ClFN2O.C8H4ClFN2O.C6H11.CO2.2CH4.B.Cl3OP.ClH.Mg.Na.2H/c15-11-6-10-7-17-8-18(10)13(12(11)16)14(19)9-4-2-1-3-5-9;1-2-16-10(15)9-8(12)7(11)3-6-4-13-5-14(6)9;1-2-8-9(11)7(10)3-6(13-8)4-12-5-14;2*9-6-1-5-2-11-4-12(5)7(3-13)8(6)10;1-2-4-6-5-3-1;2-1-3;;;;1-5(2,3)4;;;;;/h6-9,14,19H,1-5H2;3-5H,2H2,1H3;3,5H,2,4H2,1H3,(H,12,14);1-2,4,13H,3H2;1-4H;1H,2-6H2;;2*1H4;;;1H;;;;/q;;;;;-1;;;;;;;+2;+1;2*-1/i;;;;;;;1D;;;;;;;;. The summed E-state index contributed by atoms with van der Waals surface area (Å²) in [4.78, 5) is 67.8. The Bertz CT molecular complexity index is 3910. The number of aryl methyl sites for hydroxylation is 1. The van der Waals surface area contributed by atoms with E-state index in [2.05, 4.69) is 70.4 Å². The summed E-state index contributed by atoms with van der Waals surface area (Å²) in [5.74, 6) is -3.80. The van der Waals surface area contributed by atoms with E-state index in [4.69, 9.17) is 78.8 Å². The first kappa shape index (κ1) is 93.2. The molecule has 37 heteroatoms. The summed E-state index contributed by atoms with van der Waals surface area (Å²) < 4.78 is 93.4. The van der Waals surface area contributed by atoms with Crippen LogP contribution in [0.25, 0.3) is 22.1 Å². The Kier molecular flexibility index (Phi) is 47.9. The molecule has 0 bridgehead atoms. The summed E-state index contributed by atoms with van der Waals surface area (Å²) in [7, 11) is 1.25. The van der Waals surface area contributed by atoms with E-state index in [0.29, 0.717) is 52.6 Å². The minimum Gasteiger partial charge on any atom is -1.00 e. The number of carbonyl (C=O) groups is 3. The smallest absolute Gasteiger partial charge is 1.00 e. The number of imidazole rings is 4. The number of fused-ring (bicyclic) bond motifs is 4. The number of esters is 1. The van der Waals surface area contributed by atoms with E-state index in [9.17, 15) is 46.0 Å². The van der Waals surface area contributed by atoms with E-state index < -0.39 is 53.0 Å². The second-order valence-corrected chi connectivity index (χ2v) is 27.2. The fourth-order valence-electron chi connectivity index (χ4n) is 8.71. The molecule has 1 atom stereocenters. The first-order chi connectivity index (χ1) is 43.4. The van der Waals surface area contributed by atoms with Crippen LogP contribution in [0.3, 0.4) is 0 Å². The van der Waals surface area contributed by atoms with E-state index in [1.54, 1.807) is 30.6 Å². The molecule has 0 saturated heterocycles. The Morgan fingerprint density at radius 2 is 1.16 bits per heavy atom. The number of amides is 1. The van der Waals surface area contributed by atoms with Gasteiger partial charge in [0.1, 0.15) is 11.8 Å². The molecule has 95 heavy (non-hydrogen) atoms. The average Bonchev–Trinajstić information content (AvgIpc) is 1.68. The number of ether oxygens (including phenoxy) is 1. The minimum absolute atomic E-state index is 0. The van der Waals surface area contributed by atoms with Crippen molar-refractivity contribution in [2.75, 3.05) is 6.61 Å². The first-order valence-corrected chi connectivity index (χ1v) is 32.8. The first-order valence-electron chi connectivity index (χ1n) is 27.5. The van der Waals surface area contributed by atoms with Crippen molar-refractivity contribution in [3.05, 3.63) is 175 Å². The van der Waals surface area contributed by atoms with Crippen LogP contribution in [0.5, 0.6) is 0 Å². The van der Waals surface area contributed by atoms with Crippen molar-refractivity contribution in [2.45, 2.75) is 119 Å². The molecule has 1 amide bonds. The maximum Gasteiger partial charge on any atom is 2.00 e. The number of aldehydes is 1. The van der Waals surface area contributed by atoms with Crippen LogP contribution < -0.4 is 34.9 Å². The fourth-order valence-corrected chi connectivity index (χ4v) is 9.79. The summed E-state index contributed by atoms with van der Waals surface area (Å²) in [5, 5.41) is 18.5. The maximum absolute atomic E-state index is 14.3. The van der Waals surface area contributed by atoms with Gasteiger partial charge in [0.15, 0.2) is 41.1 Å². The predicted octanol–water partition coefficient (Wildman–Crippen LogP) is 13.8. The number of halogens is 14. The monoisotopic (exact) mass is 1550 g/mol. The molecule has 9 heterocycles. The number of hydrogen-bond donors (Lipinski definition) is 3. The van der Waals surface area contributed by atoms with Crippen LogP contribution in [-0.2, 0) is 43.3 Å². The van der Waals surface area contributed by atoms with Crippen LogP contribution >= 0.6 is 109 Å². The summed E-state index contributed by atoms with van der Waals surface area (Å²) in [6, 6.07) is 7.21. The van der Waals surface area contributed by atoms with E-state index in [0.717, 1.165) is 25.7 Å². The molecule has 0 aromatic carbocycles. The molecular formula is C58H66BCl9F5MgN10NaO9P. The molecule has 19 nitrogen and oxygen atoms in total. The Morgan fingerprint density at radius 1 is 0.737 bits per heavy atom. The number of carbonyl (C=O) groups excluding carboxylic acids is 5. The molecule has 511 valence electrons. The van der Waals surface area contributed by atoms with Gasteiger partial charge in [0.2, 0.25) is 6.41 Å². The zero-order valence-electron chi connectivity index (χ0n) is 53.6. The summed E-state index contributed by atoms with van der Waals surface area (Å²) in [6.07, 6.45) is 27.4. The van der Waals surface area contributed by atoms with Gasteiger partial charge in [-0.15, -0.1) is 12.4 Å². The van der Waals surface area contributed by atoms with Gasteiger partial charge in [0, 0.05) is 9.78 Å². The summed E-state index contributed by atoms with van der Waals surface area (Å²) >= 11 is 42.2. The largest absolute Gasteiger partial charge is 2.00 e. The van der Waals surface area contributed by atoms with Gasteiger partial charge in [-0.05, 0) is 96.2 Å². The molecule has 2 aliphatic rings. The molecule has 2 saturated carbocycles. The molecule has 0 spiro atoms. The molecule has 3 N–H and O–H groups in total. The van der Waals surface area contributed by atoms with Gasteiger partial charge in [0.25, 0.3) is 0 Å². The van der Waals surface area contributed by atoms with Crippen molar-refractivity contribution in [1.82, 2.24) is 47.8 Å². The number of rotatable bonds is 10. The third kappa shape index (κ3) is 29.1. The van der Waals surface area contributed by atoms with E-state index in [-0.39, 0.29) is 157 Å². The summed E-state index contributed by atoms with van der Waals surface area (Å²) in [6.45, 7) is 3.46. The molecule has 9 aromatic heterocycles. The predicted molar refractivity (Wildman–Crippen MR) is 363 cm³/mol. The van der Waals surface area contributed by atoms with Crippen molar-refractivity contribution in [3.8, 4) is 0 Å². The number of hydrogen-bond acceptors (Lipinski definition) is 14. The zero-order valence-corrected chi connectivity index (χ0v) is 61.8. The molecule has 2 aliphatic carbocycles. The third-order valence-corrected chi connectivity index (χ3v) is 14.1. The van der Waals surface area contributed by atoms with Crippen LogP contribution in [0.4, 0.5) is 22.0 Å². The molecule has 9 aromatic rings. The van der Waals surface area contributed by atoms with Gasteiger partial charge < -0.3 is 29.5 Å². The van der Waals surface area contributed by atoms with Crippen LogP contribution in [0, 0.1) is 41.4 Å². The quantitative estimate of drug-likeness (QED) is 0.0288. The van der Waals surface area contributed by atoms with Gasteiger partial charge in [-0.1, -0.05) is 118 Å². The van der Waals surface area contributed by atoms with Crippen LogP contribution in [-0.4, -0.2) is 116 Å². The van der Waals surface area contributed by atoms with Crippen LogP contribution in [0.2, 0.25) is 25.1 Å². The zero-order chi connectivity index (χ0) is 68.0. The molecular weight excluding hydrogens is 1480 g/mol. The topological polar surface area (TPSA) is 246 Å². The second kappa shape index (κ2) is 48.8. The van der Waals surface area contributed by atoms with Crippen molar-refractivity contribution < 1.29 is 99.2 Å². The van der Waals surface area contributed by atoms with Gasteiger partial charge >= 0.3 is 69.9 Å². The van der Waals surface area contributed by atoms with Crippen LogP contribution in [0.1, 0.15) is 147 Å². The normalized spacial score (nSPS) is 12.3. The number of pyridine rings is 5. The van der Waals surface area contributed by atoms with Crippen molar-refractivity contribution in [1.29, 1.82) is 0 Å². The Hall–Kier alpha value is -3.86. The van der Waals surface area contributed by atoms with Crippen molar-refractivity contribution in [2.24, 2.45) is 5.92 Å². The minimum atomic E-state index is -3.22. The molecule has 11 rings (SSSR count). The molecule has 1 unspecified atom stereocenters. The van der Waals surface area contributed by atoms with Crippen molar-refractivity contribution >= 4 is 188 Å². The van der Waals surface area contributed by atoms with Gasteiger partial charge in [-0.25, -0.2) is 46.7 Å². The molecule has 0 aliphatic heterocycles. The number of aliphatic hydroxyl groups is 2. The van der Waals surface area contributed by atoms with Gasteiger partial charge in [0.05, 0.1) is 140 Å². The Labute approximate surface area is 635 Å². The number of nitrogens with one attached hydrogen (secondary N) is 1. The van der Waals surface area contributed by atoms with Crippen molar-refractivity contribution in [3.63, 3.8) is 0 Å². The average molecular weight is 1550 g/mol. The third-order valence-electron chi connectivity index (χ3n) is 12.7. The molecule has 3 radical (unpaired) electrons. The van der Waals surface area contributed by atoms with E-state index in [1.807, 2.05) is 0 Å². The van der Waals surface area contributed by atoms with E-state index >= 15 is 0 Å². The Balaban J connectivity index is -0.000000344. The molecule has 2 fully saturated rings. The summed E-state index contributed by atoms with van der Waals surface area (Å²) in [5.41, 5.74) is 3.39. The fraction of sp³-hybridized carbons (Fsp3) is 0.345.